The van der Waals surface area contributed by atoms with Gasteiger partial charge in [-0.25, -0.2) is 0 Å². The predicted molar refractivity (Wildman–Crippen MR) is 84.3 cm³/mol. The Hall–Kier alpha value is -1.46. The SMILES string of the molecule is CCCCN(Cc1ccccc1[N+](=O)[O-])CC1CCCN1. The summed E-state index contributed by atoms with van der Waals surface area (Å²) < 4.78 is 0. The lowest BCUT2D eigenvalue weighted by molar-refractivity contribution is -0.385. The van der Waals surface area contributed by atoms with Crippen LogP contribution in [0.4, 0.5) is 5.69 Å². The minimum absolute atomic E-state index is 0.235. The van der Waals surface area contributed by atoms with Crippen molar-refractivity contribution in [2.24, 2.45) is 0 Å². The number of hydrogen-bond donors (Lipinski definition) is 1. The molecule has 5 heteroatoms. The van der Waals surface area contributed by atoms with E-state index in [0.717, 1.165) is 38.0 Å². The van der Waals surface area contributed by atoms with Crippen molar-refractivity contribution in [1.29, 1.82) is 0 Å². The molecule has 0 aromatic heterocycles. The van der Waals surface area contributed by atoms with E-state index in [1.165, 1.54) is 12.8 Å². The van der Waals surface area contributed by atoms with Crippen LogP contribution in [-0.4, -0.2) is 35.5 Å². The van der Waals surface area contributed by atoms with Crippen LogP contribution < -0.4 is 5.32 Å². The molecule has 1 unspecified atom stereocenters. The molecule has 1 aromatic rings. The van der Waals surface area contributed by atoms with Crippen LogP contribution in [0.25, 0.3) is 0 Å². The molecule has 0 radical (unpaired) electrons. The van der Waals surface area contributed by atoms with Crippen molar-refractivity contribution < 1.29 is 4.92 Å². The smallest absolute Gasteiger partial charge is 0.273 e. The number of nitro groups is 1. The third-order valence-electron chi connectivity index (χ3n) is 4.05. The molecule has 116 valence electrons. The highest BCUT2D eigenvalue weighted by molar-refractivity contribution is 5.39. The van der Waals surface area contributed by atoms with Crippen molar-refractivity contribution >= 4 is 5.69 Å². The molecule has 0 amide bonds. The average molecular weight is 291 g/mol. The number of unbranched alkanes of at least 4 members (excludes halogenated alkanes) is 1. The fourth-order valence-electron chi connectivity index (χ4n) is 2.90. The van der Waals surface area contributed by atoms with E-state index in [-0.39, 0.29) is 10.6 Å². The van der Waals surface area contributed by atoms with Gasteiger partial charge in [-0.15, -0.1) is 0 Å². The van der Waals surface area contributed by atoms with Gasteiger partial charge in [-0.3, -0.25) is 15.0 Å². The van der Waals surface area contributed by atoms with E-state index in [4.69, 9.17) is 0 Å². The summed E-state index contributed by atoms with van der Waals surface area (Å²) in [7, 11) is 0. The molecule has 1 heterocycles. The van der Waals surface area contributed by atoms with Crippen molar-refractivity contribution in [3.05, 3.63) is 39.9 Å². The largest absolute Gasteiger partial charge is 0.313 e. The molecule has 1 aromatic carbocycles. The molecule has 0 aliphatic carbocycles. The van der Waals surface area contributed by atoms with Crippen LogP contribution in [0.1, 0.15) is 38.2 Å². The normalized spacial score (nSPS) is 18.3. The van der Waals surface area contributed by atoms with Crippen LogP contribution in [0.3, 0.4) is 0 Å². The van der Waals surface area contributed by atoms with E-state index >= 15 is 0 Å². The predicted octanol–water partition coefficient (Wildman–Crippen LogP) is 2.95. The molecular weight excluding hydrogens is 266 g/mol. The van der Waals surface area contributed by atoms with Crippen molar-refractivity contribution in [3.8, 4) is 0 Å². The third kappa shape index (κ3) is 4.79. The number of benzene rings is 1. The summed E-state index contributed by atoms with van der Waals surface area (Å²) in [4.78, 5) is 13.2. The monoisotopic (exact) mass is 291 g/mol. The highest BCUT2D eigenvalue weighted by atomic mass is 16.6. The molecule has 0 saturated carbocycles. The first-order valence-electron chi connectivity index (χ1n) is 7.88. The first-order valence-corrected chi connectivity index (χ1v) is 7.88. The van der Waals surface area contributed by atoms with Gasteiger partial charge in [0.2, 0.25) is 0 Å². The van der Waals surface area contributed by atoms with Gasteiger partial charge in [0.1, 0.15) is 0 Å². The van der Waals surface area contributed by atoms with Crippen molar-refractivity contribution in [3.63, 3.8) is 0 Å². The van der Waals surface area contributed by atoms with E-state index in [9.17, 15) is 10.1 Å². The van der Waals surface area contributed by atoms with E-state index in [1.807, 2.05) is 12.1 Å². The minimum Gasteiger partial charge on any atom is -0.313 e. The van der Waals surface area contributed by atoms with Crippen LogP contribution in [-0.2, 0) is 6.54 Å². The zero-order valence-corrected chi connectivity index (χ0v) is 12.8. The fourth-order valence-corrected chi connectivity index (χ4v) is 2.90. The number of rotatable bonds is 8. The summed E-state index contributed by atoms with van der Waals surface area (Å²) in [5.41, 5.74) is 1.05. The van der Waals surface area contributed by atoms with Crippen molar-refractivity contribution in [2.45, 2.75) is 45.2 Å². The van der Waals surface area contributed by atoms with Crippen LogP contribution >= 0.6 is 0 Å². The number of nitrogens with one attached hydrogen (secondary N) is 1. The Morgan fingerprint density at radius 1 is 1.43 bits per heavy atom. The van der Waals surface area contributed by atoms with Crippen LogP contribution in [0.2, 0.25) is 0 Å². The van der Waals surface area contributed by atoms with E-state index in [0.29, 0.717) is 12.6 Å². The molecular formula is C16H25N3O2. The minimum atomic E-state index is -0.277. The van der Waals surface area contributed by atoms with Gasteiger partial charge in [0.25, 0.3) is 5.69 Å². The Morgan fingerprint density at radius 2 is 2.24 bits per heavy atom. The van der Waals surface area contributed by atoms with Crippen molar-refractivity contribution in [1.82, 2.24) is 10.2 Å². The van der Waals surface area contributed by atoms with Gasteiger partial charge in [0.05, 0.1) is 4.92 Å². The van der Waals surface area contributed by atoms with Crippen LogP contribution in [0, 0.1) is 10.1 Å². The zero-order valence-electron chi connectivity index (χ0n) is 12.8. The molecule has 1 saturated heterocycles. The van der Waals surface area contributed by atoms with Crippen LogP contribution in [0.15, 0.2) is 24.3 Å². The lowest BCUT2D eigenvalue weighted by Gasteiger charge is -2.25. The molecule has 1 aliphatic rings. The Balaban J connectivity index is 2.04. The molecule has 1 atom stereocenters. The topological polar surface area (TPSA) is 58.4 Å². The average Bonchev–Trinajstić information content (AvgIpc) is 2.98. The number of para-hydroxylation sites is 1. The molecule has 0 spiro atoms. The molecule has 1 fully saturated rings. The zero-order chi connectivity index (χ0) is 15.1. The van der Waals surface area contributed by atoms with Crippen molar-refractivity contribution in [2.75, 3.05) is 19.6 Å². The maximum Gasteiger partial charge on any atom is 0.273 e. The first kappa shape index (κ1) is 15.9. The summed E-state index contributed by atoms with van der Waals surface area (Å²) in [6.45, 7) is 5.91. The van der Waals surface area contributed by atoms with Crippen LogP contribution in [0.5, 0.6) is 0 Å². The van der Waals surface area contributed by atoms with E-state index < -0.39 is 0 Å². The lowest BCUT2D eigenvalue weighted by atomic mass is 10.1. The third-order valence-corrected chi connectivity index (χ3v) is 4.05. The maximum atomic E-state index is 11.1. The fraction of sp³-hybridized carbons (Fsp3) is 0.625. The second kappa shape index (κ2) is 8.10. The quantitative estimate of drug-likeness (QED) is 0.591. The highest BCUT2D eigenvalue weighted by Crippen LogP contribution is 2.20. The first-order chi connectivity index (χ1) is 10.2. The highest BCUT2D eigenvalue weighted by Gasteiger charge is 2.20. The summed E-state index contributed by atoms with van der Waals surface area (Å²) in [5, 5.41) is 14.6. The number of nitro benzene ring substituents is 1. The Kier molecular flexibility index (Phi) is 6.14. The summed E-state index contributed by atoms with van der Waals surface area (Å²) in [6, 6.07) is 7.62. The van der Waals surface area contributed by atoms with Gasteiger partial charge in [-0.2, -0.15) is 0 Å². The molecule has 5 nitrogen and oxygen atoms in total. The van der Waals surface area contributed by atoms with Gasteiger partial charge in [-0.1, -0.05) is 31.5 Å². The molecule has 2 rings (SSSR count). The second-order valence-electron chi connectivity index (χ2n) is 5.77. The van der Waals surface area contributed by atoms with E-state index in [2.05, 4.69) is 17.1 Å². The summed E-state index contributed by atoms with van der Waals surface area (Å²) >= 11 is 0. The summed E-state index contributed by atoms with van der Waals surface area (Å²) in [5.74, 6) is 0. The molecule has 1 aliphatic heterocycles. The molecule has 21 heavy (non-hydrogen) atoms. The van der Waals surface area contributed by atoms with Gasteiger partial charge in [0.15, 0.2) is 0 Å². The maximum absolute atomic E-state index is 11.1. The van der Waals surface area contributed by atoms with Gasteiger partial charge < -0.3 is 5.32 Å². The molecule has 0 bridgehead atoms. The van der Waals surface area contributed by atoms with Gasteiger partial charge in [0, 0.05) is 30.8 Å². The standard InChI is InChI=1S/C16H25N3O2/c1-2-3-11-18(13-15-8-6-10-17-15)12-14-7-4-5-9-16(14)19(20)21/h4-5,7,9,15,17H,2-3,6,8,10-13H2,1H3. The molecule has 1 N–H and O–H groups in total. The Morgan fingerprint density at radius 3 is 2.90 bits per heavy atom. The van der Waals surface area contributed by atoms with Gasteiger partial charge in [-0.05, 0) is 32.4 Å². The Bertz CT molecular complexity index is 459. The number of hydrogen-bond acceptors (Lipinski definition) is 4. The second-order valence-corrected chi connectivity index (χ2v) is 5.77. The van der Waals surface area contributed by atoms with Gasteiger partial charge >= 0.3 is 0 Å². The Labute approximate surface area is 126 Å². The van der Waals surface area contributed by atoms with E-state index in [1.54, 1.807) is 12.1 Å². The summed E-state index contributed by atoms with van der Waals surface area (Å²) in [6.07, 6.45) is 4.72. The number of nitrogens with zero attached hydrogens (tertiary/aromatic N) is 2. The lowest BCUT2D eigenvalue weighted by Crippen LogP contribution is -2.37.